The number of amides is 1. The van der Waals surface area contributed by atoms with Gasteiger partial charge in [0.25, 0.3) is 0 Å². The van der Waals surface area contributed by atoms with E-state index in [-0.39, 0.29) is 12.7 Å². The molecule has 0 unspecified atom stereocenters. The van der Waals surface area contributed by atoms with Crippen molar-refractivity contribution in [3.63, 3.8) is 0 Å². The zero-order valence-corrected chi connectivity index (χ0v) is 13.2. The van der Waals surface area contributed by atoms with Crippen LogP contribution in [-0.2, 0) is 11.3 Å². The Hall–Kier alpha value is -1.49. The molecule has 0 atom stereocenters. The van der Waals surface area contributed by atoms with Gasteiger partial charge in [0.1, 0.15) is 0 Å². The summed E-state index contributed by atoms with van der Waals surface area (Å²) in [4.78, 5) is 14.3. The Bertz CT molecular complexity index is 653. The first-order valence-corrected chi connectivity index (χ1v) is 8.11. The minimum Gasteiger partial charge on any atom is -0.454 e. The van der Waals surface area contributed by atoms with Crippen LogP contribution in [0.2, 0.25) is 0 Å². The van der Waals surface area contributed by atoms with Crippen molar-refractivity contribution in [2.24, 2.45) is 0 Å². The molecule has 0 bridgehead atoms. The second kappa shape index (κ2) is 5.05. The lowest BCUT2D eigenvalue weighted by atomic mass is 9.96. The summed E-state index contributed by atoms with van der Waals surface area (Å²) in [7, 11) is 0. The maximum absolute atomic E-state index is 12.3. The molecule has 3 aliphatic rings. The van der Waals surface area contributed by atoms with Crippen LogP contribution in [0.1, 0.15) is 37.7 Å². The number of carbonyl (C=O) groups excluding carboxylic acids is 1. The van der Waals surface area contributed by atoms with E-state index in [1.54, 1.807) is 0 Å². The van der Waals surface area contributed by atoms with Crippen molar-refractivity contribution in [2.75, 3.05) is 6.79 Å². The number of carbonyl (C=O) groups is 1. The number of fused-ring (bicyclic) bond motifs is 1. The number of rotatable bonds is 2. The lowest BCUT2D eigenvalue weighted by Gasteiger charge is -2.24. The summed E-state index contributed by atoms with van der Waals surface area (Å²) >= 11 is 3.58. The van der Waals surface area contributed by atoms with Gasteiger partial charge in [-0.2, -0.15) is 0 Å². The molecule has 1 aliphatic carbocycles. The van der Waals surface area contributed by atoms with Crippen LogP contribution < -0.4 is 9.47 Å². The summed E-state index contributed by atoms with van der Waals surface area (Å²) in [6, 6.07) is 3.90. The van der Waals surface area contributed by atoms with E-state index in [0.29, 0.717) is 13.0 Å². The molecule has 0 saturated heterocycles. The van der Waals surface area contributed by atoms with Gasteiger partial charge < -0.3 is 14.4 Å². The molecule has 4 rings (SSSR count). The molecule has 0 saturated carbocycles. The van der Waals surface area contributed by atoms with Crippen LogP contribution in [-0.4, -0.2) is 17.6 Å². The van der Waals surface area contributed by atoms with E-state index in [1.165, 1.54) is 24.1 Å². The maximum Gasteiger partial charge on any atom is 0.231 e. The molecule has 110 valence electrons. The van der Waals surface area contributed by atoms with E-state index in [4.69, 9.17) is 9.47 Å². The first kappa shape index (κ1) is 13.2. The van der Waals surface area contributed by atoms with E-state index in [1.807, 2.05) is 17.0 Å². The highest BCUT2D eigenvalue weighted by atomic mass is 79.9. The molecule has 1 aromatic carbocycles. The van der Waals surface area contributed by atoms with Crippen molar-refractivity contribution < 1.29 is 14.3 Å². The molecule has 2 aliphatic heterocycles. The van der Waals surface area contributed by atoms with Gasteiger partial charge in [-0.05, 0) is 49.0 Å². The number of hydrogen-bond donors (Lipinski definition) is 0. The molecule has 1 aromatic rings. The van der Waals surface area contributed by atoms with E-state index in [0.717, 1.165) is 34.4 Å². The molecule has 21 heavy (non-hydrogen) atoms. The number of benzene rings is 1. The minimum atomic E-state index is 0.228. The van der Waals surface area contributed by atoms with Crippen LogP contribution in [0.3, 0.4) is 0 Å². The van der Waals surface area contributed by atoms with Crippen molar-refractivity contribution in [3.05, 3.63) is 33.4 Å². The van der Waals surface area contributed by atoms with Crippen molar-refractivity contribution >= 4 is 21.8 Å². The quantitative estimate of drug-likeness (QED) is 0.816. The van der Waals surface area contributed by atoms with Crippen LogP contribution in [0.5, 0.6) is 11.5 Å². The van der Waals surface area contributed by atoms with Gasteiger partial charge in [-0.1, -0.05) is 15.9 Å². The predicted octanol–water partition coefficient (Wildman–Crippen LogP) is 3.74. The topological polar surface area (TPSA) is 38.8 Å². The second-order valence-electron chi connectivity index (χ2n) is 5.71. The molecule has 0 spiro atoms. The van der Waals surface area contributed by atoms with E-state index < -0.39 is 0 Å². The van der Waals surface area contributed by atoms with Crippen LogP contribution in [0, 0.1) is 0 Å². The average molecular weight is 350 g/mol. The summed E-state index contributed by atoms with van der Waals surface area (Å²) in [6.45, 7) is 0.873. The molecule has 2 heterocycles. The highest BCUT2D eigenvalue weighted by Gasteiger charge is 2.31. The standard InChI is InChI=1S/C16H16BrNO3/c17-12-7-15-14(20-9-21-15)5-11(12)8-18-13-4-2-1-3-10(13)6-16(18)19/h5,7H,1-4,6,8-9H2. The molecule has 1 amide bonds. The molecular formula is C16H16BrNO3. The SMILES string of the molecule is O=C1CC2=C(CCCC2)N1Cc1cc2c(cc1Br)OCO2. The first-order chi connectivity index (χ1) is 10.2. The van der Waals surface area contributed by atoms with Gasteiger partial charge >= 0.3 is 0 Å². The third-order valence-corrected chi connectivity index (χ3v) is 5.15. The van der Waals surface area contributed by atoms with Gasteiger partial charge in [-0.3, -0.25) is 4.79 Å². The van der Waals surface area contributed by atoms with Gasteiger partial charge in [0, 0.05) is 10.2 Å². The molecule has 0 fully saturated rings. The normalized spacial score (nSPS) is 20.2. The third-order valence-electron chi connectivity index (χ3n) is 4.41. The Morgan fingerprint density at radius 2 is 1.90 bits per heavy atom. The van der Waals surface area contributed by atoms with Crippen molar-refractivity contribution in [1.82, 2.24) is 4.90 Å². The summed E-state index contributed by atoms with van der Waals surface area (Å²) in [5.74, 6) is 1.75. The van der Waals surface area contributed by atoms with E-state index in [9.17, 15) is 4.79 Å². The van der Waals surface area contributed by atoms with Gasteiger partial charge in [-0.25, -0.2) is 0 Å². The highest BCUT2D eigenvalue weighted by molar-refractivity contribution is 9.10. The molecule has 0 N–H and O–H groups in total. The van der Waals surface area contributed by atoms with Crippen molar-refractivity contribution in [1.29, 1.82) is 0 Å². The Balaban J connectivity index is 1.64. The van der Waals surface area contributed by atoms with Gasteiger partial charge in [0.15, 0.2) is 11.5 Å². The second-order valence-corrected chi connectivity index (χ2v) is 6.57. The lowest BCUT2D eigenvalue weighted by molar-refractivity contribution is -0.127. The summed E-state index contributed by atoms with van der Waals surface area (Å²) < 4.78 is 11.8. The van der Waals surface area contributed by atoms with Crippen LogP contribution in [0.4, 0.5) is 0 Å². The Labute approximate surface area is 131 Å². The molecular weight excluding hydrogens is 334 g/mol. The summed E-state index contributed by atoms with van der Waals surface area (Å²) in [6.07, 6.45) is 5.12. The Morgan fingerprint density at radius 3 is 2.76 bits per heavy atom. The highest BCUT2D eigenvalue weighted by Crippen LogP contribution is 2.40. The first-order valence-electron chi connectivity index (χ1n) is 7.31. The monoisotopic (exact) mass is 349 g/mol. The Morgan fingerprint density at radius 1 is 1.14 bits per heavy atom. The molecule has 0 aromatic heterocycles. The number of allylic oxidation sites excluding steroid dienone is 1. The predicted molar refractivity (Wildman–Crippen MR) is 80.9 cm³/mol. The van der Waals surface area contributed by atoms with Gasteiger partial charge in [0.05, 0.1) is 13.0 Å². The zero-order valence-electron chi connectivity index (χ0n) is 11.7. The average Bonchev–Trinajstić information content (AvgIpc) is 3.04. The Kier molecular flexibility index (Phi) is 3.17. The smallest absolute Gasteiger partial charge is 0.231 e. The number of nitrogens with zero attached hydrogens (tertiary/aromatic N) is 1. The minimum absolute atomic E-state index is 0.228. The molecule has 4 nitrogen and oxygen atoms in total. The third kappa shape index (κ3) is 2.24. The fourth-order valence-corrected chi connectivity index (χ4v) is 3.78. The molecule has 5 heteroatoms. The van der Waals surface area contributed by atoms with Crippen molar-refractivity contribution in [2.45, 2.75) is 38.6 Å². The van der Waals surface area contributed by atoms with E-state index in [2.05, 4.69) is 15.9 Å². The van der Waals surface area contributed by atoms with Crippen molar-refractivity contribution in [3.8, 4) is 11.5 Å². The van der Waals surface area contributed by atoms with Gasteiger partial charge in [0.2, 0.25) is 12.7 Å². The summed E-state index contributed by atoms with van der Waals surface area (Å²) in [5.41, 5.74) is 3.67. The number of halogens is 1. The molecule has 0 radical (unpaired) electrons. The van der Waals surface area contributed by atoms with Gasteiger partial charge in [-0.15, -0.1) is 0 Å². The number of ether oxygens (including phenoxy) is 2. The fourth-order valence-electron chi connectivity index (χ4n) is 3.33. The fraction of sp³-hybridized carbons (Fsp3) is 0.438. The summed E-state index contributed by atoms with van der Waals surface area (Å²) in [5, 5.41) is 0. The number of hydrogen-bond acceptors (Lipinski definition) is 3. The zero-order chi connectivity index (χ0) is 14.4. The van der Waals surface area contributed by atoms with Crippen LogP contribution in [0.25, 0.3) is 0 Å². The maximum atomic E-state index is 12.3. The largest absolute Gasteiger partial charge is 0.454 e. The van der Waals surface area contributed by atoms with Crippen LogP contribution >= 0.6 is 15.9 Å². The lowest BCUT2D eigenvalue weighted by Crippen LogP contribution is -2.25. The van der Waals surface area contributed by atoms with E-state index >= 15 is 0 Å². The van der Waals surface area contributed by atoms with Crippen LogP contribution in [0.15, 0.2) is 27.9 Å².